The molecule has 0 fully saturated rings. The monoisotopic (exact) mass is 390 g/mol. The molecule has 0 bridgehead atoms. The van der Waals surface area contributed by atoms with Gasteiger partial charge in [-0.25, -0.2) is 0 Å². The van der Waals surface area contributed by atoms with Crippen LogP contribution in [0.3, 0.4) is 0 Å². The number of ketones is 1. The highest BCUT2D eigenvalue weighted by molar-refractivity contribution is 6.48. The molecule has 3 aromatic rings. The molecule has 0 saturated heterocycles. The average molecular weight is 390 g/mol. The van der Waals surface area contributed by atoms with Gasteiger partial charge in [0.2, 0.25) is 0 Å². The van der Waals surface area contributed by atoms with E-state index >= 15 is 0 Å². The van der Waals surface area contributed by atoms with Crippen LogP contribution in [0.25, 0.3) is 10.9 Å². The van der Waals surface area contributed by atoms with E-state index in [4.69, 9.17) is 0 Å². The summed E-state index contributed by atoms with van der Waals surface area (Å²) < 4.78 is 42.3. The summed E-state index contributed by atoms with van der Waals surface area (Å²) in [6.07, 6.45) is -3.16. The van der Waals surface area contributed by atoms with E-state index < -0.39 is 23.8 Å². The van der Waals surface area contributed by atoms with Crippen molar-refractivity contribution in [3.8, 4) is 5.75 Å². The minimum atomic E-state index is -4.80. The second-order valence-electron chi connectivity index (χ2n) is 6.42. The van der Waals surface area contributed by atoms with Gasteiger partial charge in [0.05, 0.1) is 5.56 Å². The molecule has 0 aliphatic carbocycles. The maximum Gasteiger partial charge on any atom is 0.573 e. The van der Waals surface area contributed by atoms with Crippen LogP contribution in [0.15, 0.2) is 54.7 Å². The van der Waals surface area contributed by atoms with Gasteiger partial charge >= 0.3 is 6.36 Å². The number of anilines is 1. The molecule has 0 aliphatic rings. The highest BCUT2D eigenvalue weighted by Gasteiger charge is 2.31. The minimum Gasteiger partial charge on any atom is -0.406 e. The largest absolute Gasteiger partial charge is 0.573 e. The van der Waals surface area contributed by atoms with Crippen molar-refractivity contribution in [1.29, 1.82) is 0 Å². The van der Waals surface area contributed by atoms with Crippen molar-refractivity contribution >= 4 is 28.3 Å². The summed E-state index contributed by atoms with van der Waals surface area (Å²) in [6.45, 7) is 3.93. The lowest BCUT2D eigenvalue weighted by Crippen LogP contribution is -2.22. The number of aromatic nitrogens is 1. The van der Waals surface area contributed by atoms with Crippen LogP contribution in [-0.4, -0.2) is 22.6 Å². The first kappa shape index (κ1) is 19.5. The van der Waals surface area contributed by atoms with Crippen LogP contribution in [0.1, 0.15) is 30.2 Å². The van der Waals surface area contributed by atoms with Gasteiger partial charge in [-0.1, -0.05) is 18.2 Å². The smallest absolute Gasteiger partial charge is 0.406 e. The number of amides is 1. The van der Waals surface area contributed by atoms with Gasteiger partial charge < -0.3 is 14.6 Å². The van der Waals surface area contributed by atoms with Crippen LogP contribution in [0.5, 0.6) is 5.75 Å². The van der Waals surface area contributed by atoms with E-state index in [0.717, 1.165) is 17.6 Å². The fourth-order valence-electron chi connectivity index (χ4n) is 2.86. The summed E-state index contributed by atoms with van der Waals surface area (Å²) in [6, 6.07) is 11.9. The molecule has 1 heterocycles. The van der Waals surface area contributed by atoms with Crippen LogP contribution in [-0.2, 0) is 4.79 Å². The van der Waals surface area contributed by atoms with Gasteiger partial charge in [0.25, 0.3) is 11.7 Å². The third kappa shape index (κ3) is 4.16. The standard InChI is InChI=1S/C20H17F3N2O3/c1-12(2)25-11-16(15-5-3-4-6-17(15)25)18(26)19(27)24-13-7-9-14(10-8-13)28-20(21,22)23/h3-12H,1-2H3,(H,24,27). The Morgan fingerprint density at radius 1 is 1.04 bits per heavy atom. The molecule has 0 aliphatic heterocycles. The zero-order chi connectivity index (χ0) is 20.5. The number of carbonyl (C=O) groups excluding carboxylic acids is 2. The van der Waals surface area contributed by atoms with Gasteiger partial charge in [-0.15, -0.1) is 13.2 Å². The first-order valence-electron chi connectivity index (χ1n) is 8.47. The van der Waals surface area contributed by atoms with Crippen molar-refractivity contribution in [3.05, 3.63) is 60.3 Å². The normalized spacial score (nSPS) is 11.6. The van der Waals surface area contributed by atoms with Crippen LogP contribution in [0.2, 0.25) is 0 Å². The lowest BCUT2D eigenvalue weighted by molar-refractivity contribution is -0.274. The molecule has 0 saturated carbocycles. The zero-order valence-corrected chi connectivity index (χ0v) is 15.1. The SMILES string of the molecule is CC(C)n1cc(C(=O)C(=O)Nc2ccc(OC(F)(F)F)cc2)c2ccccc21. The Morgan fingerprint density at radius 2 is 1.68 bits per heavy atom. The fourth-order valence-corrected chi connectivity index (χ4v) is 2.86. The molecule has 8 heteroatoms. The highest BCUT2D eigenvalue weighted by Crippen LogP contribution is 2.26. The van der Waals surface area contributed by atoms with E-state index in [1.54, 1.807) is 18.3 Å². The number of halogens is 3. The van der Waals surface area contributed by atoms with Gasteiger partial charge in [-0.3, -0.25) is 9.59 Å². The Morgan fingerprint density at radius 3 is 2.29 bits per heavy atom. The third-order valence-electron chi connectivity index (χ3n) is 4.09. The molecule has 0 spiro atoms. The summed E-state index contributed by atoms with van der Waals surface area (Å²) in [5.74, 6) is -2.03. The summed E-state index contributed by atoms with van der Waals surface area (Å²) in [5.41, 5.74) is 1.28. The topological polar surface area (TPSA) is 60.3 Å². The maximum atomic E-state index is 12.7. The molecule has 1 N–H and O–H groups in total. The summed E-state index contributed by atoms with van der Waals surface area (Å²) >= 11 is 0. The number of benzene rings is 2. The second kappa shape index (κ2) is 7.38. The Hall–Kier alpha value is -3.29. The first-order valence-corrected chi connectivity index (χ1v) is 8.47. The number of fused-ring (bicyclic) bond motifs is 1. The van der Waals surface area contributed by atoms with Crippen LogP contribution in [0, 0.1) is 0 Å². The van der Waals surface area contributed by atoms with Crippen molar-refractivity contribution in [1.82, 2.24) is 4.57 Å². The molecular weight excluding hydrogens is 373 g/mol. The van der Waals surface area contributed by atoms with E-state index in [0.29, 0.717) is 5.39 Å². The lowest BCUT2D eigenvalue weighted by Gasteiger charge is -2.09. The first-order chi connectivity index (χ1) is 13.2. The van der Waals surface area contributed by atoms with Gasteiger partial charge in [0.1, 0.15) is 5.75 Å². The molecule has 1 amide bonds. The van der Waals surface area contributed by atoms with E-state index in [1.165, 1.54) is 12.1 Å². The number of nitrogens with zero attached hydrogens (tertiary/aromatic N) is 1. The molecule has 1 aromatic heterocycles. The fraction of sp³-hybridized carbons (Fsp3) is 0.200. The molecule has 3 rings (SSSR count). The summed E-state index contributed by atoms with van der Waals surface area (Å²) in [7, 11) is 0. The zero-order valence-electron chi connectivity index (χ0n) is 15.1. The molecule has 146 valence electrons. The Labute approximate surface area is 158 Å². The van der Waals surface area contributed by atoms with Crippen molar-refractivity contribution in [3.63, 3.8) is 0 Å². The van der Waals surface area contributed by atoms with Crippen LogP contribution >= 0.6 is 0 Å². The predicted octanol–water partition coefficient (Wildman–Crippen LogP) is 4.94. The number of Topliss-reactive ketones (excluding diaryl/α,β-unsaturated/α-hetero) is 1. The summed E-state index contributed by atoms with van der Waals surface area (Å²) in [5, 5.41) is 3.06. The molecule has 0 unspecified atom stereocenters. The molecule has 2 aromatic carbocycles. The Bertz CT molecular complexity index is 1020. The maximum absolute atomic E-state index is 12.7. The number of ether oxygens (including phenoxy) is 1. The van der Waals surface area contributed by atoms with Crippen molar-refractivity contribution < 1.29 is 27.5 Å². The average Bonchev–Trinajstić information content (AvgIpc) is 3.01. The van der Waals surface area contributed by atoms with Crippen molar-refractivity contribution in [2.75, 3.05) is 5.32 Å². The van der Waals surface area contributed by atoms with E-state index in [2.05, 4.69) is 10.1 Å². The van der Waals surface area contributed by atoms with E-state index in [-0.39, 0.29) is 17.3 Å². The third-order valence-corrected chi connectivity index (χ3v) is 4.09. The van der Waals surface area contributed by atoms with Crippen molar-refractivity contribution in [2.24, 2.45) is 0 Å². The number of carbonyl (C=O) groups is 2. The van der Waals surface area contributed by atoms with Crippen molar-refractivity contribution in [2.45, 2.75) is 26.3 Å². The van der Waals surface area contributed by atoms with E-state index in [1.807, 2.05) is 30.5 Å². The number of hydrogen-bond acceptors (Lipinski definition) is 3. The van der Waals surface area contributed by atoms with Gasteiger partial charge in [-0.05, 0) is 44.2 Å². The minimum absolute atomic E-state index is 0.0932. The van der Waals surface area contributed by atoms with Gasteiger partial charge in [-0.2, -0.15) is 0 Å². The number of hydrogen-bond donors (Lipinski definition) is 1. The van der Waals surface area contributed by atoms with Crippen LogP contribution in [0.4, 0.5) is 18.9 Å². The number of nitrogens with one attached hydrogen (secondary N) is 1. The molecule has 0 atom stereocenters. The number of alkyl halides is 3. The molecule has 5 nitrogen and oxygen atoms in total. The Kier molecular flexibility index (Phi) is 5.13. The second-order valence-corrected chi connectivity index (χ2v) is 6.42. The molecule has 0 radical (unpaired) electrons. The molecule has 28 heavy (non-hydrogen) atoms. The van der Waals surface area contributed by atoms with Gasteiger partial charge in [0.15, 0.2) is 0 Å². The number of para-hydroxylation sites is 1. The van der Waals surface area contributed by atoms with E-state index in [9.17, 15) is 22.8 Å². The van der Waals surface area contributed by atoms with Crippen LogP contribution < -0.4 is 10.1 Å². The highest BCUT2D eigenvalue weighted by atomic mass is 19.4. The predicted molar refractivity (Wildman–Crippen MR) is 98.4 cm³/mol. The quantitative estimate of drug-likeness (QED) is 0.496. The number of rotatable bonds is 5. The summed E-state index contributed by atoms with van der Waals surface area (Å²) in [4.78, 5) is 25.0. The lowest BCUT2D eigenvalue weighted by atomic mass is 10.1. The molecular formula is C20H17F3N2O3. The Balaban J connectivity index is 1.80. The van der Waals surface area contributed by atoms with Gasteiger partial charge in [0, 0.05) is 28.8 Å².